The first-order valence-corrected chi connectivity index (χ1v) is 10.8. The molecule has 0 N–H and O–H groups in total. The van der Waals surface area contributed by atoms with Crippen LogP contribution in [0.2, 0.25) is 0 Å². The van der Waals surface area contributed by atoms with Gasteiger partial charge in [0.05, 0.1) is 15.6 Å². The number of hydrogen-bond donors (Lipinski definition) is 0. The highest BCUT2D eigenvalue weighted by atomic mass is 127. The summed E-state index contributed by atoms with van der Waals surface area (Å²) in [7, 11) is 1.52. The number of aliphatic imine (C=N–C) groups is 1. The molecule has 166 valence electrons. The molecule has 0 unspecified atom stereocenters. The van der Waals surface area contributed by atoms with Crippen LogP contribution in [-0.2, 0) is 16.1 Å². The second-order valence-electron chi connectivity index (χ2n) is 6.95. The maximum Gasteiger partial charge on any atom is 0.363 e. The highest BCUT2D eigenvalue weighted by Gasteiger charge is 2.24. The van der Waals surface area contributed by atoms with Crippen molar-refractivity contribution in [2.45, 2.75) is 6.61 Å². The van der Waals surface area contributed by atoms with E-state index in [0.29, 0.717) is 17.1 Å². The number of hydrogen-bond acceptors (Lipinski definition) is 7. The van der Waals surface area contributed by atoms with E-state index in [2.05, 4.69) is 27.6 Å². The average Bonchev–Trinajstić information content (AvgIpc) is 3.19. The van der Waals surface area contributed by atoms with Crippen molar-refractivity contribution < 1.29 is 23.9 Å². The summed E-state index contributed by atoms with van der Waals surface area (Å²) in [5.74, 6) is 0.744. The third-order valence-corrected chi connectivity index (χ3v) is 5.53. The number of esters is 1. The lowest BCUT2D eigenvalue weighted by molar-refractivity contribution is -0.384. The van der Waals surface area contributed by atoms with Crippen molar-refractivity contribution in [3.63, 3.8) is 0 Å². The molecule has 0 amide bonds. The van der Waals surface area contributed by atoms with Gasteiger partial charge in [-0.05, 0) is 76.2 Å². The van der Waals surface area contributed by atoms with E-state index in [9.17, 15) is 14.9 Å². The van der Waals surface area contributed by atoms with E-state index < -0.39 is 10.9 Å². The number of methoxy groups -OCH3 is 1. The van der Waals surface area contributed by atoms with E-state index in [-0.39, 0.29) is 23.9 Å². The molecule has 0 spiro atoms. The van der Waals surface area contributed by atoms with Gasteiger partial charge >= 0.3 is 5.97 Å². The Labute approximate surface area is 202 Å². The molecule has 0 aromatic heterocycles. The standard InChI is InChI=1S/C24H17IN2O6/c1-31-21-13-16(12-20-24(28)33-23(26-20)17-5-3-2-4-6-17)11-19(25)22(21)32-14-15-7-9-18(10-8-15)27(29)30/h2-13H,14H2,1H3/b20-12-. The molecule has 33 heavy (non-hydrogen) atoms. The third-order valence-electron chi connectivity index (χ3n) is 4.73. The maximum absolute atomic E-state index is 12.3. The Balaban J connectivity index is 1.55. The molecule has 1 aliphatic heterocycles. The molecular formula is C24H17IN2O6. The number of nitrogens with zero attached hydrogens (tertiary/aromatic N) is 2. The van der Waals surface area contributed by atoms with Gasteiger partial charge in [0.15, 0.2) is 17.2 Å². The van der Waals surface area contributed by atoms with Crippen LogP contribution in [0.3, 0.4) is 0 Å². The Kier molecular flexibility index (Phi) is 6.68. The molecule has 8 nitrogen and oxygen atoms in total. The molecule has 0 fully saturated rings. The molecule has 0 saturated carbocycles. The molecule has 4 rings (SSSR count). The zero-order chi connectivity index (χ0) is 23.4. The molecular weight excluding hydrogens is 539 g/mol. The van der Waals surface area contributed by atoms with Crippen LogP contribution < -0.4 is 9.47 Å². The van der Waals surface area contributed by atoms with Gasteiger partial charge in [-0.2, -0.15) is 0 Å². The summed E-state index contributed by atoms with van der Waals surface area (Å²) in [5.41, 5.74) is 2.40. The van der Waals surface area contributed by atoms with E-state index in [1.165, 1.54) is 19.2 Å². The van der Waals surface area contributed by atoms with E-state index in [0.717, 1.165) is 14.7 Å². The van der Waals surface area contributed by atoms with Gasteiger partial charge in [0, 0.05) is 17.7 Å². The summed E-state index contributed by atoms with van der Waals surface area (Å²) in [6.45, 7) is 0.210. The Hall–Kier alpha value is -3.73. The minimum absolute atomic E-state index is 0.0202. The summed E-state index contributed by atoms with van der Waals surface area (Å²) >= 11 is 2.12. The van der Waals surface area contributed by atoms with E-state index in [1.54, 1.807) is 24.3 Å². The van der Waals surface area contributed by atoms with Crippen LogP contribution >= 0.6 is 22.6 Å². The number of halogens is 1. The first-order valence-electron chi connectivity index (χ1n) is 9.76. The average molecular weight is 556 g/mol. The number of benzene rings is 3. The number of non-ortho nitro benzene ring substituents is 1. The number of nitro groups is 1. The number of nitro benzene ring substituents is 1. The number of carbonyl (C=O) groups excluding carboxylic acids is 1. The number of rotatable bonds is 7. The predicted molar refractivity (Wildman–Crippen MR) is 130 cm³/mol. The van der Waals surface area contributed by atoms with Gasteiger partial charge in [-0.3, -0.25) is 10.1 Å². The second-order valence-corrected chi connectivity index (χ2v) is 8.11. The fraction of sp³-hybridized carbons (Fsp3) is 0.0833. The monoisotopic (exact) mass is 556 g/mol. The molecule has 0 radical (unpaired) electrons. The third kappa shape index (κ3) is 5.20. The van der Waals surface area contributed by atoms with Crippen LogP contribution in [0.5, 0.6) is 11.5 Å². The Morgan fingerprint density at radius 2 is 1.85 bits per heavy atom. The highest BCUT2D eigenvalue weighted by Crippen LogP contribution is 2.35. The van der Waals surface area contributed by atoms with Crippen molar-refractivity contribution in [1.29, 1.82) is 0 Å². The lowest BCUT2D eigenvalue weighted by atomic mass is 10.1. The SMILES string of the molecule is COc1cc(/C=C2\N=C(c3ccccc3)OC2=O)cc(I)c1OCc1ccc([N+](=O)[O-])cc1. The van der Waals surface area contributed by atoms with E-state index >= 15 is 0 Å². The second kappa shape index (κ2) is 9.82. The first-order chi connectivity index (χ1) is 15.9. The van der Waals surface area contributed by atoms with Crippen LogP contribution in [0.4, 0.5) is 5.69 Å². The summed E-state index contributed by atoms with van der Waals surface area (Å²) in [6.07, 6.45) is 1.63. The minimum atomic E-state index is -0.527. The summed E-state index contributed by atoms with van der Waals surface area (Å²) in [6, 6.07) is 18.9. The van der Waals surface area contributed by atoms with E-state index in [4.69, 9.17) is 14.2 Å². The topological polar surface area (TPSA) is 100 Å². The van der Waals surface area contributed by atoms with Crippen molar-refractivity contribution in [3.8, 4) is 11.5 Å². The number of cyclic esters (lactones) is 1. The summed E-state index contributed by atoms with van der Waals surface area (Å²) in [5, 5.41) is 10.8. The quantitative estimate of drug-likeness (QED) is 0.132. The first kappa shape index (κ1) is 22.5. The van der Waals surface area contributed by atoms with Gasteiger partial charge in [0.25, 0.3) is 5.69 Å². The molecule has 0 aliphatic carbocycles. The van der Waals surface area contributed by atoms with E-state index in [1.807, 2.05) is 36.4 Å². The fourth-order valence-electron chi connectivity index (χ4n) is 3.10. The summed E-state index contributed by atoms with van der Waals surface area (Å²) in [4.78, 5) is 27.0. The Morgan fingerprint density at radius 1 is 1.12 bits per heavy atom. The molecule has 1 heterocycles. The fourth-order valence-corrected chi connectivity index (χ4v) is 3.88. The van der Waals surface area contributed by atoms with Gasteiger partial charge in [0.2, 0.25) is 5.90 Å². The number of carbonyl (C=O) groups is 1. The van der Waals surface area contributed by atoms with Crippen LogP contribution in [0.1, 0.15) is 16.7 Å². The molecule has 9 heteroatoms. The maximum atomic E-state index is 12.3. The zero-order valence-corrected chi connectivity index (χ0v) is 19.5. The van der Waals surface area contributed by atoms with Crippen molar-refractivity contribution in [2.75, 3.05) is 7.11 Å². The molecule has 0 atom stereocenters. The Morgan fingerprint density at radius 3 is 2.52 bits per heavy atom. The molecule has 1 aliphatic rings. The van der Waals surface area contributed by atoms with Crippen LogP contribution in [0, 0.1) is 13.7 Å². The molecule has 3 aromatic carbocycles. The minimum Gasteiger partial charge on any atom is -0.493 e. The predicted octanol–water partition coefficient (Wildman–Crippen LogP) is 5.13. The Bertz CT molecular complexity index is 1270. The largest absolute Gasteiger partial charge is 0.493 e. The molecule has 3 aromatic rings. The summed E-state index contributed by atoms with van der Waals surface area (Å²) < 4.78 is 17.5. The van der Waals surface area contributed by atoms with Crippen molar-refractivity contribution in [2.24, 2.45) is 4.99 Å². The van der Waals surface area contributed by atoms with Crippen LogP contribution in [-0.4, -0.2) is 23.9 Å². The number of ether oxygens (including phenoxy) is 3. The van der Waals surface area contributed by atoms with Gasteiger partial charge in [0.1, 0.15) is 6.61 Å². The van der Waals surface area contributed by atoms with Crippen molar-refractivity contribution >= 4 is 46.2 Å². The lowest BCUT2D eigenvalue weighted by Crippen LogP contribution is -2.05. The van der Waals surface area contributed by atoms with Gasteiger partial charge < -0.3 is 14.2 Å². The van der Waals surface area contributed by atoms with Crippen molar-refractivity contribution in [3.05, 3.63) is 103 Å². The zero-order valence-electron chi connectivity index (χ0n) is 17.4. The highest BCUT2D eigenvalue weighted by molar-refractivity contribution is 14.1. The van der Waals surface area contributed by atoms with Gasteiger partial charge in [-0.15, -0.1) is 0 Å². The normalized spacial score (nSPS) is 14.1. The van der Waals surface area contributed by atoms with Crippen LogP contribution in [0.15, 0.2) is 77.4 Å². The smallest absolute Gasteiger partial charge is 0.363 e. The molecule has 0 bridgehead atoms. The lowest BCUT2D eigenvalue weighted by Gasteiger charge is -2.13. The molecule has 0 saturated heterocycles. The van der Waals surface area contributed by atoms with Crippen LogP contribution in [0.25, 0.3) is 6.08 Å². The van der Waals surface area contributed by atoms with Crippen molar-refractivity contribution in [1.82, 2.24) is 0 Å². The van der Waals surface area contributed by atoms with Gasteiger partial charge in [-0.1, -0.05) is 18.2 Å². The van der Waals surface area contributed by atoms with Gasteiger partial charge in [-0.25, -0.2) is 9.79 Å².